The van der Waals surface area contributed by atoms with Gasteiger partial charge < -0.3 is 14.7 Å². The van der Waals surface area contributed by atoms with Gasteiger partial charge in [0.15, 0.2) is 0 Å². The number of benzene rings is 1. The van der Waals surface area contributed by atoms with E-state index in [2.05, 4.69) is 36.7 Å². The van der Waals surface area contributed by atoms with Gasteiger partial charge >= 0.3 is 0 Å². The van der Waals surface area contributed by atoms with Crippen molar-refractivity contribution in [3.8, 4) is 0 Å². The van der Waals surface area contributed by atoms with Gasteiger partial charge in [0.05, 0.1) is 22.9 Å². The predicted octanol–water partition coefficient (Wildman–Crippen LogP) is 2.08. The molecule has 8 heteroatoms. The van der Waals surface area contributed by atoms with Crippen LogP contribution in [0.15, 0.2) is 35.6 Å². The molecule has 2 aliphatic rings. The van der Waals surface area contributed by atoms with Crippen LogP contribution in [0.3, 0.4) is 0 Å². The molecule has 4 heterocycles. The van der Waals surface area contributed by atoms with Crippen molar-refractivity contribution < 1.29 is 0 Å². The van der Waals surface area contributed by atoms with Crippen molar-refractivity contribution in [3.05, 3.63) is 52.5 Å². The van der Waals surface area contributed by atoms with Crippen LogP contribution in [-0.4, -0.2) is 64.2 Å². The quantitative estimate of drug-likeness (QED) is 0.644. The first-order valence-corrected chi connectivity index (χ1v) is 11.0. The standard InChI is InChI=1S/C23H29N7O/c1-16(2)30-15-26-21-12-17(4-5-18(21)23(30)31)28-8-10-29(11-9-28)22-19-13-27(3)7-6-20(19)24-14-25-22/h4-5,12,14-16H,6-11,13H2,1-3H3. The maximum absolute atomic E-state index is 12.7. The van der Waals surface area contributed by atoms with E-state index >= 15 is 0 Å². The zero-order valence-electron chi connectivity index (χ0n) is 18.5. The minimum Gasteiger partial charge on any atom is -0.368 e. The molecule has 2 aromatic heterocycles. The molecule has 8 nitrogen and oxygen atoms in total. The molecule has 162 valence electrons. The lowest BCUT2D eigenvalue weighted by Gasteiger charge is -2.38. The van der Waals surface area contributed by atoms with Crippen LogP contribution in [0.5, 0.6) is 0 Å². The molecule has 0 atom stereocenters. The number of aromatic nitrogens is 4. The highest BCUT2D eigenvalue weighted by atomic mass is 16.1. The van der Waals surface area contributed by atoms with Crippen LogP contribution < -0.4 is 15.4 Å². The van der Waals surface area contributed by atoms with Gasteiger partial charge in [-0.1, -0.05) is 0 Å². The Kier molecular flexibility index (Phi) is 5.09. The lowest BCUT2D eigenvalue weighted by Crippen LogP contribution is -2.47. The van der Waals surface area contributed by atoms with Gasteiger partial charge in [0.2, 0.25) is 0 Å². The van der Waals surface area contributed by atoms with Crippen molar-refractivity contribution in [2.24, 2.45) is 0 Å². The summed E-state index contributed by atoms with van der Waals surface area (Å²) in [7, 11) is 2.15. The zero-order valence-corrected chi connectivity index (χ0v) is 18.5. The molecule has 0 saturated carbocycles. The van der Waals surface area contributed by atoms with Gasteiger partial charge in [-0.05, 0) is 39.1 Å². The molecular weight excluding hydrogens is 390 g/mol. The van der Waals surface area contributed by atoms with E-state index in [0.717, 1.165) is 62.7 Å². The van der Waals surface area contributed by atoms with Crippen molar-refractivity contribution in [1.29, 1.82) is 0 Å². The Labute approximate surface area is 182 Å². The lowest BCUT2D eigenvalue weighted by atomic mass is 10.1. The van der Waals surface area contributed by atoms with Crippen LogP contribution >= 0.6 is 0 Å². The Balaban J connectivity index is 1.35. The van der Waals surface area contributed by atoms with Crippen molar-refractivity contribution >= 4 is 22.4 Å². The summed E-state index contributed by atoms with van der Waals surface area (Å²) in [4.78, 5) is 33.5. The SMILES string of the molecule is CC(C)n1cnc2cc(N3CCN(c4ncnc5c4CN(C)CC5)CC3)ccc2c1=O. The molecule has 1 fully saturated rings. The fraction of sp³-hybridized carbons (Fsp3) is 0.478. The third-order valence-electron chi connectivity index (χ3n) is 6.44. The maximum atomic E-state index is 12.7. The van der Waals surface area contributed by atoms with Crippen molar-refractivity contribution in [1.82, 2.24) is 24.4 Å². The van der Waals surface area contributed by atoms with Gasteiger partial charge in [-0.25, -0.2) is 15.0 Å². The highest BCUT2D eigenvalue weighted by molar-refractivity contribution is 5.81. The molecule has 3 aromatic rings. The molecule has 0 spiro atoms. The van der Waals surface area contributed by atoms with Crippen LogP contribution in [0.1, 0.15) is 31.1 Å². The van der Waals surface area contributed by atoms with Crippen LogP contribution in [0.2, 0.25) is 0 Å². The zero-order chi connectivity index (χ0) is 21.5. The van der Waals surface area contributed by atoms with E-state index in [1.54, 1.807) is 17.2 Å². The Morgan fingerprint density at radius 3 is 2.52 bits per heavy atom. The highest BCUT2D eigenvalue weighted by Crippen LogP contribution is 2.27. The smallest absolute Gasteiger partial charge is 0.261 e. The van der Waals surface area contributed by atoms with Crippen molar-refractivity contribution in [2.75, 3.05) is 49.6 Å². The Hall–Kier alpha value is -3.00. The Morgan fingerprint density at radius 1 is 0.968 bits per heavy atom. The third kappa shape index (κ3) is 3.65. The molecule has 1 aromatic carbocycles. The van der Waals surface area contributed by atoms with Gasteiger partial charge in [-0.3, -0.25) is 9.36 Å². The minimum absolute atomic E-state index is 0.0230. The molecule has 5 rings (SSSR count). The average molecular weight is 420 g/mol. The highest BCUT2D eigenvalue weighted by Gasteiger charge is 2.25. The number of nitrogens with zero attached hydrogens (tertiary/aromatic N) is 7. The molecule has 0 unspecified atom stereocenters. The molecule has 0 N–H and O–H groups in total. The second kappa shape index (κ2) is 7.92. The largest absolute Gasteiger partial charge is 0.368 e. The first-order valence-electron chi connectivity index (χ1n) is 11.0. The molecule has 0 amide bonds. The predicted molar refractivity (Wildman–Crippen MR) is 123 cm³/mol. The van der Waals surface area contributed by atoms with E-state index in [9.17, 15) is 4.79 Å². The summed E-state index contributed by atoms with van der Waals surface area (Å²) < 4.78 is 1.68. The average Bonchev–Trinajstić information content (AvgIpc) is 2.78. The van der Waals surface area contributed by atoms with E-state index in [-0.39, 0.29) is 11.6 Å². The topological polar surface area (TPSA) is 70.4 Å². The van der Waals surface area contributed by atoms with Crippen molar-refractivity contribution in [2.45, 2.75) is 32.9 Å². The van der Waals surface area contributed by atoms with E-state index in [0.29, 0.717) is 5.39 Å². The van der Waals surface area contributed by atoms with Gasteiger partial charge in [0.25, 0.3) is 5.56 Å². The maximum Gasteiger partial charge on any atom is 0.261 e. The Bertz CT molecular complexity index is 1160. The lowest BCUT2D eigenvalue weighted by molar-refractivity contribution is 0.309. The fourth-order valence-electron chi connectivity index (χ4n) is 4.60. The molecule has 31 heavy (non-hydrogen) atoms. The number of piperazine rings is 1. The molecule has 0 radical (unpaired) electrons. The number of hydrogen-bond acceptors (Lipinski definition) is 7. The molecule has 0 aliphatic carbocycles. The number of anilines is 2. The summed E-state index contributed by atoms with van der Waals surface area (Å²) in [5.41, 5.74) is 4.37. The number of likely N-dealkylation sites (N-methyl/N-ethyl adjacent to an activating group) is 1. The van der Waals surface area contributed by atoms with E-state index in [4.69, 9.17) is 0 Å². The Morgan fingerprint density at radius 2 is 1.74 bits per heavy atom. The number of rotatable bonds is 3. The van der Waals surface area contributed by atoms with Gasteiger partial charge in [-0.2, -0.15) is 0 Å². The number of hydrogen-bond donors (Lipinski definition) is 0. The van der Waals surface area contributed by atoms with E-state index < -0.39 is 0 Å². The minimum atomic E-state index is 0.0230. The van der Waals surface area contributed by atoms with Gasteiger partial charge in [0, 0.05) is 63.0 Å². The summed E-state index contributed by atoms with van der Waals surface area (Å²) in [6.45, 7) is 9.59. The first-order chi connectivity index (χ1) is 15.0. The fourth-order valence-corrected chi connectivity index (χ4v) is 4.60. The summed E-state index contributed by atoms with van der Waals surface area (Å²) in [5.74, 6) is 1.09. The summed E-state index contributed by atoms with van der Waals surface area (Å²) in [5, 5.41) is 0.676. The molecular formula is C23H29N7O. The van der Waals surface area contributed by atoms with E-state index in [1.807, 2.05) is 32.0 Å². The molecule has 1 saturated heterocycles. The first kappa shape index (κ1) is 19.9. The summed E-state index contributed by atoms with van der Waals surface area (Å²) in [6.07, 6.45) is 4.36. The van der Waals surface area contributed by atoms with Crippen LogP contribution in [0.4, 0.5) is 11.5 Å². The monoisotopic (exact) mass is 419 g/mol. The van der Waals surface area contributed by atoms with Crippen LogP contribution in [0, 0.1) is 0 Å². The van der Waals surface area contributed by atoms with Gasteiger partial charge in [0.1, 0.15) is 12.1 Å². The van der Waals surface area contributed by atoms with Crippen LogP contribution in [0.25, 0.3) is 10.9 Å². The van der Waals surface area contributed by atoms with E-state index in [1.165, 1.54) is 11.3 Å². The number of fused-ring (bicyclic) bond motifs is 2. The van der Waals surface area contributed by atoms with Crippen LogP contribution in [-0.2, 0) is 13.0 Å². The molecule has 0 bridgehead atoms. The third-order valence-corrected chi connectivity index (χ3v) is 6.44. The second-order valence-electron chi connectivity index (χ2n) is 8.84. The molecule has 2 aliphatic heterocycles. The normalized spacial score (nSPS) is 17.4. The van der Waals surface area contributed by atoms with Crippen molar-refractivity contribution in [3.63, 3.8) is 0 Å². The summed E-state index contributed by atoms with van der Waals surface area (Å²) in [6, 6.07) is 6.11. The summed E-state index contributed by atoms with van der Waals surface area (Å²) >= 11 is 0. The second-order valence-corrected chi connectivity index (χ2v) is 8.84. The van der Waals surface area contributed by atoms with Gasteiger partial charge in [-0.15, -0.1) is 0 Å².